The van der Waals surface area contributed by atoms with Crippen LogP contribution >= 0.6 is 0 Å². The van der Waals surface area contributed by atoms with Gasteiger partial charge in [-0.25, -0.2) is 0 Å². The fourth-order valence-electron chi connectivity index (χ4n) is 3.05. The highest BCUT2D eigenvalue weighted by molar-refractivity contribution is 5.73. The van der Waals surface area contributed by atoms with E-state index in [9.17, 15) is 9.90 Å². The predicted molar refractivity (Wildman–Crippen MR) is 98.4 cm³/mol. The number of ether oxygens (including phenoxy) is 1. The number of nitrogens with one attached hydrogen (secondary N) is 1. The molecule has 1 saturated heterocycles. The number of β-amino-alcohol motifs (C(OH)–C–C–N with tert-alkyl or cyclic N) is 1. The first-order valence-electron chi connectivity index (χ1n) is 9.24. The standard InChI is InChI=1S/C19H31N3O3/c20-19(24)8-9-21-13-16-6-5-7-18(12-16)25-15-17(23)14-22-10-3-1-2-4-11-22/h5-7,12,17,21,23H,1-4,8-11,13-15H2,(H2,20,24). The van der Waals surface area contributed by atoms with Gasteiger partial charge < -0.3 is 25.8 Å². The van der Waals surface area contributed by atoms with Gasteiger partial charge in [-0.3, -0.25) is 4.79 Å². The van der Waals surface area contributed by atoms with Gasteiger partial charge in [0.25, 0.3) is 0 Å². The molecule has 4 N–H and O–H groups in total. The Bertz CT molecular complexity index is 516. The Morgan fingerprint density at radius 3 is 2.76 bits per heavy atom. The van der Waals surface area contributed by atoms with E-state index in [1.54, 1.807) is 0 Å². The van der Waals surface area contributed by atoms with Crippen LogP contribution in [0.1, 0.15) is 37.7 Å². The molecule has 1 atom stereocenters. The molecule has 25 heavy (non-hydrogen) atoms. The first-order chi connectivity index (χ1) is 12.1. The zero-order chi connectivity index (χ0) is 17.9. The summed E-state index contributed by atoms with van der Waals surface area (Å²) in [7, 11) is 0. The predicted octanol–water partition coefficient (Wildman–Crippen LogP) is 1.27. The zero-order valence-corrected chi connectivity index (χ0v) is 15.0. The molecular weight excluding hydrogens is 318 g/mol. The third kappa shape index (κ3) is 8.34. The smallest absolute Gasteiger partial charge is 0.218 e. The second kappa shape index (κ2) is 11.1. The molecule has 1 aliphatic heterocycles. The number of rotatable bonds is 10. The van der Waals surface area contributed by atoms with Gasteiger partial charge in [-0.1, -0.05) is 25.0 Å². The van der Waals surface area contributed by atoms with Crippen molar-refractivity contribution >= 4 is 5.91 Å². The van der Waals surface area contributed by atoms with Crippen LogP contribution in [0.3, 0.4) is 0 Å². The number of aliphatic hydroxyl groups is 1. The number of likely N-dealkylation sites (tertiary alicyclic amines) is 1. The summed E-state index contributed by atoms with van der Waals surface area (Å²) in [5.41, 5.74) is 6.19. The van der Waals surface area contributed by atoms with Gasteiger partial charge in [0.15, 0.2) is 0 Å². The summed E-state index contributed by atoms with van der Waals surface area (Å²) in [5.74, 6) is 0.451. The van der Waals surface area contributed by atoms with Crippen LogP contribution in [-0.2, 0) is 11.3 Å². The molecule has 0 saturated carbocycles. The maximum absolute atomic E-state index is 10.7. The molecule has 1 unspecified atom stereocenters. The molecule has 140 valence electrons. The van der Waals surface area contributed by atoms with Crippen molar-refractivity contribution in [3.8, 4) is 5.75 Å². The summed E-state index contributed by atoms with van der Waals surface area (Å²) in [6, 6.07) is 7.78. The third-order valence-electron chi connectivity index (χ3n) is 4.39. The highest BCUT2D eigenvalue weighted by Crippen LogP contribution is 2.14. The van der Waals surface area contributed by atoms with E-state index in [2.05, 4.69) is 10.2 Å². The van der Waals surface area contributed by atoms with Crippen LogP contribution in [0, 0.1) is 0 Å². The van der Waals surface area contributed by atoms with E-state index in [1.165, 1.54) is 25.7 Å². The van der Waals surface area contributed by atoms with E-state index in [4.69, 9.17) is 10.5 Å². The van der Waals surface area contributed by atoms with Crippen LogP contribution in [0.5, 0.6) is 5.75 Å². The number of hydrogen-bond donors (Lipinski definition) is 3. The molecule has 1 amide bonds. The van der Waals surface area contributed by atoms with Gasteiger partial charge in [-0.2, -0.15) is 0 Å². The minimum atomic E-state index is -0.476. The number of carbonyl (C=O) groups is 1. The Morgan fingerprint density at radius 1 is 1.28 bits per heavy atom. The Labute approximate surface area is 150 Å². The molecule has 0 bridgehead atoms. The molecule has 6 heteroatoms. The lowest BCUT2D eigenvalue weighted by Crippen LogP contribution is -2.36. The molecule has 1 heterocycles. The van der Waals surface area contributed by atoms with Crippen LogP contribution in [0.15, 0.2) is 24.3 Å². The molecule has 0 radical (unpaired) electrons. The van der Waals surface area contributed by atoms with Crippen LogP contribution in [-0.4, -0.2) is 54.8 Å². The van der Waals surface area contributed by atoms with Crippen LogP contribution in [0.4, 0.5) is 0 Å². The molecule has 0 spiro atoms. The quantitative estimate of drug-likeness (QED) is 0.554. The van der Waals surface area contributed by atoms with Gasteiger partial charge in [0.1, 0.15) is 18.5 Å². The van der Waals surface area contributed by atoms with Crippen molar-refractivity contribution in [1.82, 2.24) is 10.2 Å². The largest absolute Gasteiger partial charge is 0.491 e. The molecule has 2 rings (SSSR count). The van der Waals surface area contributed by atoms with Gasteiger partial charge in [0.2, 0.25) is 5.91 Å². The number of amides is 1. The van der Waals surface area contributed by atoms with Gasteiger partial charge in [0.05, 0.1) is 0 Å². The summed E-state index contributed by atoms with van der Waals surface area (Å²) in [4.78, 5) is 13.0. The number of nitrogens with two attached hydrogens (primary N) is 1. The van der Waals surface area contributed by atoms with Crippen LogP contribution < -0.4 is 15.8 Å². The van der Waals surface area contributed by atoms with E-state index in [1.807, 2.05) is 24.3 Å². The number of carbonyl (C=O) groups excluding carboxylic acids is 1. The summed E-state index contributed by atoms with van der Waals surface area (Å²) in [6.07, 6.45) is 4.89. The number of nitrogens with zero attached hydrogens (tertiary/aromatic N) is 1. The topological polar surface area (TPSA) is 87.8 Å². The van der Waals surface area contributed by atoms with Crippen molar-refractivity contribution in [2.75, 3.05) is 32.8 Å². The van der Waals surface area contributed by atoms with Gasteiger partial charge in [-0.05, 0) is 43.6 Å². The SMILES string of the molecule is NC(=O)CCNCc1cccc(OCC(O)CN2CCCCCC2)c1. The second-order valence-electron chi connectivity index (χ2n) is 6.72. The summed E-state index contributed by atoms with van der Waals surface area (Å²) in [6.45, 7) is 4.34. The molecule has 0 aromatic heterocycles. The molecule has 1 fully saturated rings. The molecule has 1 aliphatic rings. The van der Waals surface area contributed by atoms with Crippen molar-refractivity contribution in [2.24, 2.45) is 5.73 Å². The zero-order valence-electron chi connectivity index (χ0n) is 15.0. The molecule has 1 aromatic carbocycles. The van der Waals surface area contributed by atoms with Crippen molar-refractivity contribution in [1.29, 1.82) is 0 Å². The number of primary amides is 1. The lowest BCUT2D eigenvalue weighted by molar-refractivity contribution is -0.117. The fourth-order valence-corrected chi connectivity index (χ4v) is 3.05. The van der Waals surface area contributed by atoms with E-state index in [-0.39, 0.29) is 5.91 Å². The Hall–Kier alpha value is -1.63. The van der Waals surface area contributed by atoms with Gasteiger partial charge in [-0.15, -0.1) is 0 Å². The van der Waals surface area contributed by atoms with Crippen LogP contribution in [0.25, 0.3) is 0 Å². The normalized spacial score (nSPS) is 17.0. The lowest BCUT2D eigenvalue weighted by Gasteiger charge is -2.23. The van der Waals surface area contributed by atoms with Crippen molar-refractivity contribution in [2.45, 2.75) is 44.8 Å². The van der Waals surface area contributed by atoms with Gasteiger partial charge in [0, 0.05) is 26.1 Å². The molecule has 0 aliphatic carbocycles. The lowest BCUT2D eigenvalue weighted by atomic mass is 10.2. The highest BCUT2D eigenvalue weighted by Gasteiger charge is 2.14. The van der Waals surface area contributed by atoms with E-state index >= 15 is 0 Å². The number of aliphatic hydroxyl groups excluding tert-OH is 1. The van der Waals surface area contributed by atoms with Gasteiger partial charge >= 0.3 is 0 Å². The average molecular weight is 349 g/mol. The summed E-state index contributed by atoms with van der Waals surface area (Å²) in [5, 5.41) is 13.4. The van der Waals surface area contributed by atoms with Crippen molar-refractivity contribution < 1.29 is 14.6 Å². The molecule has 6 nitrogen and oxygen atoms in total. The Morgan fingerprint density at radius 2 is 2.04 bits per heavy atom. The van der Waals surface area contributed by atoms with Crippen molar-refractivity contribution in [3.05, 3.63) is 29.8 Å². The Kier molecular flexibility index (Phi) is 8.72. The molecular formula is C19H31N3O3. The number of hydrogen-bond acceptors (Lipinski definition) is 5. The van der Waals surface area contributed by atoms with E-state index in [0.717, 1.165) is 24.4 Å². The fraction of sp³-hybridized carbons (Fsp3) is 0.632. The third-order valence-corrected chi connectivity index (χ3v) is 4.39. The number of benzene rings is 1. The minimum Gasteiger partial charge on any atom is -0.491 e. The monoisotopic (exact) mass is 349 g/mol. The maximum Gasteiger partial charge on any atom is 0.218 e. The van der Waals surface area contributed by atoms with Crippen LogP contribution in [0.2, 0.25) is 0 Å². The van der Waals surface area contributed by atoms with Crippen molar-refractivity contribution in [3.63, 3.8) is 0 Å². The second-order valence-corrected chi connectivity index (χ2v) is 6.72. The minimum absolute atomic E-state index is 0.301. The average Bonchev–Trinajstić information content (AvgIpc) is 2.86. The highest BCUT2D eigenvalue weighted by atomic mass is 16.5. The first kappa shape index (κ1) is 19.7. The maximum atomic E-state index is 10.7. The molecule has 1 aromatic rings. The first-order valence-corrected chi connectivity index (χ1v) is 9.24. The summed E-state index contributed by atoms with van der Waals surface area (Å²) < 4.78 is 5.75. The Balaban J connectivity index is 1.70. The van der Waals surface area contributed by atoms with E-state index < -0.39 is 6.10 Å². The summed E-state index contributed by atoms with van der Waals surface area (Å²) >= 11 is 0. The van der Waals surface area contributed by atoms with E-state index in [0.29, 0.717) is 32.7 Å².